The summed E-state index contributed by atoms with van der Waals surface area (Å²) in [5.74, 6) is -1.63. The summed E-state index contributed by atoms with van der Waals surface area (Å²) in [4.78, 5) is 27.4. The lowest BCUT2D eigenvalue weighted by atomic mass is 9.95. The lowest BCUT2D eigenvalue weighted by molar-refractivity contribution is -0.140. The standard InChI is InChI=1S/C23H21Cl2NO4/c1-13-4-6-14(7-5-13)21(27)19-20(17-9-8-15(24)11-18(17)25)26(23(29)22(19)28)12-16-3-2-10-30-16/h4-9,11,16,20,27H,2-3,10,12H2,1H3/b21-19-. The normalized spacial score (nSPS) is 23.4. The number of carbonyl (C=O) groups excluding carboxylic acids is 2. The van der Waals surface area contributed by atoms with E-state index in [1.807, 2.05) is 19.1 Å². The first-order valence-electron chi connectivity index (χ1n) is 9.79. The number of hydrogen-bond donors (Lipinski definition) is 1. The molecule has 30 heavy (non-hydrogen) atoms. The number of rotatable bonds is 4. The summed E-state index contributed by atoms with van der Waals surface area (Å²) < 4.78 is 5.69. The Kier molecular flexibility index (Phi) is 5.87. The number of benzene rings is 2. The Morgan fingerprint density at radius 2 is 1.90 bits per heavy atom. The molecule has 2 heterocycles. The summed E-state index contributed by atoms with van der Waals surface area (Å²) >= 11 is 12.5. The van der Waals surface area contributed by atoms with Crippen LogP contribution in [0, 0.1) is 6.92 Å². The highest BCUT2D eigenvalue weighted by Crippen LogP contribution is 2.42. The highest BCUT2D eigenvalue weighted by atomic mass is 35.5. The van der Waals surface area contributed by atoms with Crippen LogP contribution in [0.4, 0.5) is 0 Å². The molecule has 0 bridgehead atoms. The minimum absolute atomic E-state index is 0.0195. The number of amides is 1. The number of Topliss-reactive ketones (excluding diaryl/α,β-unsaturated/α-hetero) is 1. The molecule has 2 atom stereocenters. The van der Waals surface area contributed by atoms with Crippen molar-refractivity contribution in [1.29, 1.82) is 0 Å². The molecule has 2 saturated heterocycles. The topological polar surface area (TPSA) is 66.8 Å². The largest absolute Gasteiger partial charge is 0.507 e. The van der Waals surface area contributed by atoms with E-state index in [0.29, 0.717) is 27.8 Å². The smallest absolute Gasteiger partial charge is 0.295 e. The zero-order chi connectivity index (χ0) is 21.4. The zero-order valence-corrected chi connectivity index (χ0v) is 17.9. The third-order valence-corrected chi connectivity index (χ3v) is 6.11. The molecule has 2 unspecified atom stereocenters. The van der Waals surface area contributed by atoms with E-state index < -0.39 is 17.7 Å². The predicted octanol–water partition coefficient (Wildman–Crippen LogP) is 4.90. The highest BCUT2D eigenvalue weighted by molar-refractivity contribution is 6.47. The van der Waals surface area contributed by atoms with Crippen LogP contribution in [0.2, 0.25) is 10.0 Å². The minimum Gasteiger partial charge on any atom is -0.507 e. The van der Waals surface area contributed by atoms with Crippen molar-refractivity contribution in [3.8, 4) is 0 Å². The van der Waals surface area contributed by atoms with Crippen molar-refractivity contribution < 1.29 is 19.4 Å². The van der Waals surface area contributed by atoms with Gasteiger partial charge in [-0.25, -0.2) is 0 Å². The maximum Gasteiger partial charge on any atom is 0.295 e. The van der Waals surface area contributed by atoms with Crippen LogP contribution in [0.15, 0.2) is 48.0 Å². The van der Waals surface area contributed by atoms with Gasteiger partial charge < -0.3 is 14.7 Å². The van der Waals surface area contributed by atoms with Crippen LogP contribution in [0.1, 0.15) is 35.6 Å². The molecular weight excluding hydrogens is 425 g/mol. The van der Waals surface area contributed by atoms with Crippen LogP contribution in [-0.4, -0.2) is 41.0 Å². The van der Waals surface area contributed by atoms with Gasteiger partial charge >= 0.3 is 0 Å². The summed E-state index contributed by atoms with van der Waals surface area (Å²) in [6.45, 7) is 2.81. The molecule has 5 nitrogen and oxygen atoms in total. The molecule has 2 aromatic rings. The van der Waals surface area contributed by atoms with Crippen LogP contribution < -0.4 is 0 Å². The number of nitrogens with zero attached hydrogens (tertiary/aromatic N) is 1. The number of aryl methyl sites for hydroxylation is 1. The first-order chi connectivity index (χ1) is 14.4. The third kappa shape index (κ3) is 3.85. The maximum absolute atomic E-state index is 13.0. The molecular formula is C23H21Cl2NO4. The van der Waals surface area contributed by atoms with Gasteiger partial charge in [0.2, 0.25) is 0 Å². The predicted molar refractivity (Wildman–Crippen MR) is 116 cm³/mol. The second kappa shape index (κ2) is 8.42. The molecule has 2 aromatic carbocycles. The summed E-state index contributed by atoms with van der Waals surface area (Å²) in [5.41, 5.74) is 2.03. The van der Waals surface area contributed by atoms with Crippen molar-refractivity contribution in [3.05, 3.63) is 74.8 Å². The van der Waals surface area contributed by atoms with Crippen molar-refractivity contribution in [2.24, 2.45) is 0 Å². The van der Waals surface area contributed by atoms with E-state index in [9.17, 15) is 14.7 Å². The number of aliphatic hydroxyl groups is 1. The Morgan fingerprint density at radius 3 is 2.53 bits per heavy atom. The van der Waals surface area contributed by atoms with E-state index in [-0.39, 0.29) is 24.0 Å². The van der Waals surface area contributed by atoms with Gasteiger partial charge in [-0.05, 0) is 37.5 Å². The summed E-state index contributed by atoms with van der Waals surface area (Å²) in [6.07, 6.45) is 1.56. The van der Waals surface area contributed by atoms with Gasteiger partial charge in [-0.1, -0.05) is 59.1 Å². The quantitative estimate of drug-likeness (QED) is 0.412. The Bertz CT molecular complexity index is 1030. The van der Waals surface area contributed by atoms with E-state index in [0.717, 1.165) is 18.4 Å². The van der Waals surface area contributed by atoms with Crippen molar-refractivity contribution in [3.63, 3.8) is 0 Å². The van der Waals surface area contributed by atoms with Gasteiger partial charge in [0.25, 0.3) is 11.7 Å². The molecule has 0 saturated carbocycles. The number of aliphatic hydroxyl groups excluding tert-OH is 1. The molecule has 2 fully saturated rings. The molecule has 4 rings (SSSR count). The van der Waals surface area contributed by atoms with E-state index >= 15 is 0 Å². The Labute approximate surface area is 184 Å². The Balaban J connectivity index is 1.85. The average Bonchev–Trinajstić information content (AvgIpc) is 3.31. The van der Waals surface area contributed by atoms with Crippen molar-refractivity contribution in [2.45, 2.75) is 31.9 Å². The maximum atomic E-state index is 13.0. The fourth-order valence-corrected chi connectivity index (χ4v) is 4.50. The van der Waals surface area contributed by atoms with Gasteiger partial charge in [-0.2, -0.15) is 0 Å². The molecule has 2 aliphatic rings. The first-order valence-corrected chi connectivity index (χ1v) is 10.5. The number of hydrogen-bond acceptors (Lipinski definition) is 4. The summed E-state index contributed by atoms with van der Waals surface area (Å²) in [5, 5.41) is 11.8. The van der Waals surface area contributed by atoms with Gasteiger partial charge in [0.15, 0.2) is 0 Å². The molecule has 0 spiro atoms. The summed E-state index contributed by atoms with van der Waals surface area (Å²) in [7, 11) is 0. The van der Waals surface area contributed by atoms with Crippen LogP contribution in [-0.2, 0) is 14.3 Å². The SMILES string of the molecule is Cc1ccc(/C(O)=C2/C(=O)C(=O)N(CC3CCCO3)C2c2ccc(Cl)cc2Cl)cc1. The van der Waals surface area contributed by atoms with E-state index in [4.69, 9.17) is 27.9 Å². The number of ketones is 1. The molecule has 7 heteroatoms. The van der Waals surface area contributed by atoms with Gasteiger partial charge in [0.05, 0.1) is 17.7 Å². The van der Waals surface area contributed by atoms with E-state index in [2.05, 4.69) is 0 Å². The second-order valence-corrected chi connectivity index (χ2v) is 8.46. The molecule has 0 radical (unpaired) electrons. The van der Waals surface area contributed by atoms with Crippen molar-refractivity contribution in [1.82, 2.24) is 4.90 Å². The van der Waals surface area contributed by atoms with E-state index in [1.165, 1.54) is 4.90 Å². The van der Waals surface area contributed by atoms with Crippen LogP contribution in [0.3, 0.4) is 0 Å². The fraction of sp³-hybridized carbons (Fsp3) is 0.304. The van der Waals surface area contributed by atoms with Crippen LogP contribution in [0.5, 0.6) is 0 Å². The molecule has 0 aromatic heterocycles. The fourth-order valence-electron chi connectivity index (χ4n) is 3.99. The average molecular weight is 446 g/mol. The Hall–Kier alpha value is -2.34. The number of halogens is 2. The number of ether oxygens (including phenoxy) is 1. The van der Waals surface area contributed by atoms with E-state index in [1.54, 1.807) is 30.3 Å². The monoisotopic (exact) mass is 445 g/mol. The minimum atomic E-state index is -0.819. The molecule has 1 N–H and O–H groups in total. The van der Waals surface area contributed by atoms with Gasteiger partial charge in [0.1, 0.15) is 5.76 Å². The first kappa shape index (κ1) is 20.9. The van der Waals surface area contributed by atoms with Gasteiger partial charge in [-0.3, -0.25) is 9.59 Å². The molecule has 2 aliphatic heterocycles. The lowest BCUT2D eigenvalue weighted by Gasteiger charge is -2.28. The zero-order valence-electron chi connectivity index (χ0n) is 16.4. The van der Waals surface area contributed by atoms with Crippen molar-refractivity contribution in [2.75, 3.05) is 13.2 Å². The van der Waals surface area contributed by atoms with Gasteiger partial charge in [0, 0.05) is 28.8 Å². The Morgan fingerprint density at radius 1 is 1.17 bits per heavy atom. The van der Waals surface area contributed by atoms with Gasteiger partial charge in [-0.15, -0.1) is 0 Å². The third-order valence-electron chi connectivity index (χ3n) is 5.55. The summed E-state index contributed by atoms with van der Waals surface area (Å²) in [6, 6.07) is 11.2. The molecule has 0 aliphatic carbocycles. The van der Waals surface area contributed by atoms with Crippen LogP contribution in [0.25, 0.3) is 5.76 Å². The second-order valence-electron chi connectivity index (χ2n) is 7.62. The van der Waals surface area contributed by atoms with Crippen molar-refractivity contribution >= 4 is 40.7 Å². The number of likely N-dealkylation sites (tertiary alicyclic amines) is 1. The number of carbonyl (C=O) groups is 2. The highest BCUT2D eigenvalue weighted by Gasteiger charge is 2.47. The van der Waals surface area contributed by atoms with Crippen LogP contribution >= 0.6 is 23.2 Å². The molecule has 1 amide bonds. The lowest BCUT2D eigenvalue weighted by Crippen LogP contribution is -2.36. The molecule has 156 valence electrons.